The van der Waals surface area contributed by atoms with E-state index in [9.17, 15) is 15.3 Å². The third-order valence-electron chi connectivity index (χ3n) is 10.6. The number of benzene rings is 1. The van der Waals surface area contributed by atoms with Crippen molar-refractivity contribution in [2.45, 2.75) is 103 Å². The molecule has 0 radical (unpaired) electrons. The van der Waals surface area contributed by atoms with Gasteiger partial charge in [-0.15, -0.1) is 0 Å². The van der Waals surface area contributed by atoms with Crippen LogP contribution in [0.5, 0.6) is 5.75 Å². The normalized spacial score (nSPS) is 30.2. The number of rotatable bonds is 12. The number of hydrogen-bond donors (Lipinski definition) is 4. The Morgan fingerprint density at radius 2 is 1.80 bits per heavy atom. The molecule has 2 aromatic rings. The van der Waals surface area contributed by atoms with Crippen LogP contribution in [0.15, 0.2) is 42.6 Å². The molecular weight excluding hydrogens is 738 g/mol. The zero-order chi connectivity index (χ0) is 29.3. The second-order valence-electron chi connectivity index (χ2n) is 12.9. The number of nitrogens with one attached hydrogen (secondary N) is 1. The molecule has 0 bridgehead atoms. The van der Waals surface area contributed by atoms with Crippen LogP contribution in [-0.4, -0.2) is 39.6 Å². The van der Waals surface area contributed by atoms with Gasteiger partial charge in [0.2, 0.25) is 0 Å². The molecule has 0 spiro atoms. The maximum absolute atomic E-state index is 11.7. The molecule has 4 N–H and O–H groups in total. The summed E-state index contributed by atoms with van der Waals surface area (Å²) >= 11 is -0.472. The monoisotopic (exact) mass is 785 g/mol. The Kier molecular flexibility index (Phi) is 12.9. The third-order valence-corrected chi connectivity index (χ3v) is 10.6. The minimum atomic E-state index is -0.472. The molecule has 2 fully saturated rings. The molecule has 1 heterocycles. The number of phenolic OH excluding ortho intramolecular Hbond substituents is 1. The molecule has 3 unspecified atom stereocenters. The molecule has 0 amide bonds. The number of aromatic hydroxyl groups is 1. The third kappa shape index (κ3) is 7.89. The molecule has 1 aromatic carbocycles. The van der Waals surface area contributed by atoms with Crippen LogP contribution >= 0.6 is 18.8 Å². The van der Waals surface area contributed by atoms with E-state index in [1.165, 1.54) is 43.2 Å². The second kappa shape index (κ2) is 15.9. The summed E-state index contributed by atoms with van der Waals surface area (Å²) in [6, 6.07) is 12.0. The summed E-state index contributed by atoms with van der Waals surface area (Å²) in [5.41, 5.74) is 3.38. The molecule has 6 atom stereocenters. The van der Waals surface area contributed by atoms with Gasteiger partial charge >= 0.3 is 35.3 Å². The van der Waals surface area contributed by atoms with Crippen molar-refractivity contribution in [3.05, 3.63) is 59.4 Å². The van der Waals surface area contributed by atoms with Crippen LogP contribution in [0, 0.1) is 22.7 Å². The number of aryl methyl sites for hydroxylation is 1. The van der Waals surface area contributed by atoms with Gasteiger partial charge in [-0.1, -0.05) is 51.2 Å². The van der Waals surface area contributed by atoms with Crippen molar-refractivity contribution in [3.8, 4) is 5.75 Å². The van der Waals surface area contributed by atoms with E-state index in [1.54, 1.807) is 0 Å². The Balaban J connectivity index is 0.00000124. The average Bonchev–Trinajstić information content (AvgIpc) is 3.21. The van der Waals surface area contributed by atoms with Crippen LogP contribution in [0.3, 0.4) is 0 Å². The van der Waals surface area contributed by atoms with E-state index in [1.807, 2.05) is 30.5 Å². The zero-order valence-corrected chi connectivity index (χ0v) is 28.1. The van der Waals surface area contributed by atoms with Crippen molar-refractivity contribution in [3.63, 3.8) is 0 Å². The number of aromatic nitrogens is 1. The molecule has 1 aromatic heterocycles. The van der Waals surface area contributed by atoms with Gasteiger partial charge in [0.05, 0.1) is 18.4 Å². The molecule has 41 heavy (non-hydrogen) atoms. The van der Waals surface area contributed by atoms with E-state index in [0.29, 0.717) is 23.5 Å². The Morgan fingerprint density at radius 3 is 2.54 bits per heavy atom. The number of unbranched alkanes of at least 4 members (excludes halogenated alkanes) is 5. The van der Waals surface area contributed by atoms with Gasteiger partial charge in [0.15, 0.2) is 0 Å². The molecule has 5 rings (SSSR count). The van der Waals surface area contributed by atoms with Crippen molar-refractivity contribution >= 4 is 18.8 Å². The van der Waals surface area contributed by atoms with Gasteiger partial charge in [-0.2, -0.15) is 0 Å². The van der Waals surface area contributed by atoms with Crippen molar-refractivity contribution in [1.82, 2.24) is 10.3 Å². The zero-order valence-electron chi connectivity index (χ0n) is 24.3. The van der Waals surface area contributed by atoms with Crippen LogP contribution in [0.25, 0.3) is 0 Å². The first kappa shape index (κ1) is 33.2. The molecule has 3 aliphatic rings. The van der Waals surface area contributed by atoms with Gasteiger partial charge in [0.25, 0.3) is 0 Å². The van der Waals surface area contributed by atoms with Crippen molar-refractivity contribution in [1.29, 1.82) is 0 Å². The maximum atomic E-state index is 11.7. The average molecular weight is 787 g/mol. The van der Waals surface area contributed by atoms with Crippen LogP contribution in [0.1, 0.15) is 100 Å². The number of hydrogen-bond acceptors (Lipinski definition) is 5. The van der Waals surface area contributed by atoms with Crippen LogP contribution in [0.2, 0.25) is 0 Å². The van der Waals surface area contributed by atoms with Gasteiger partial charge in [0.1, 0.15) is 5.75 Å². The van der Waals surface area contributed by atoms with Gasteiger partial charge < -0.3 is 20.6 Å². The van der Waals surface area contributed by atoms with Gasteiger partial charge in [-0.25, -0.2) is 0 Å². The van der Waals surface area contributed by atoms with E-state index < -0.39 is 22.6 Å². The predicted octanol–water partition coefficient (Wildman–Crippen LogP) is 7.49. The first-order chi connectivity index (χ1) is 19.9. The molecule has 2 saturated carbocycles. The number of fused-ring (bicyclic) bond motifs is 5. The van der Waals surface area contributed by atoms with Crippen LogP contribution < -0.4 is 5.32 Å². The number of phenols is 1. The van der Waals surface area contributed by atoms with E-state index in [2.05, 4.69) is 29.4 Å². The molecule has 5 nitrogen and oxygen atoms in total. The van der Waals surface area contributed by atoms with E-state index in [-0.39, 0.29) is 17.4 Å². The number of pyridine rings is 1. The number of aliphatic hydroxyl groups is 2. The summed E-state index contributed by atoms with van der Waals surface area (Å²) in [4.78, 5) is 4.35. The quantitative estimate of drug-likeness (QED) is 0.168. The van der Waals surface area contributed by atoms with Gasteiger partial charge in [-0.3, -0.25) is 4.98 Å². The number of aliphatic hydroxyl groups excluding tert-OH is 2. The second-order valence-corrected chi connectivity index (χ2v) is 16.2. The Labute approximate surface area is 263 Å². The summed E-state index contributed by atoms with van der Waals surface area (Å²) < 4.78 is 0. The molecule has 3 aliphatic carbocycles. The van der Waals surface area contributed by atoms with E-state index in [0.717, 1.165) is 63.7 Å². The molecule has 8 heteroatoms. The van der Waals surface area contributed by atoms with Gasteiger partial charge in [0, 0.05) is 18.2 Å². The summed E-state index contributed by atoms with van der Waals surface area (Å²) in [6.07, 6.45) is 14.8. The fraction of sp³-hybridized carbons (Fsp3) is 0.667. The van der Waals surface area contributed by atoms with E-state index in [4.69, 9.17) is 18.8 Å². The van der Waals surface area contributed by atoms with Crippen LogP contribution in [0.4, 0.5) is 0 Å². The molecule has 232 valence electrons. The Bertz CT molecular complexity index is 1080. The van der Waals surface area contributed by atoms with Crippen molar-refractivity contribution in [2.24, 2.45) is 22.7 Å². The summed E-state index contributed by atoms with van der Waals surface area (Å²) in [7, 11) is 9.75. The van der Waals surface area contributed by atoms with Gasteiger partial charge in [-0.05, 0) is 110 Å². The minimum absolute atomic E-state index is 0.0966. The van der Waals surface area contributed by atoms with Crippen molar-refractivity contribution < 1.29 is 31.8 Å². The Morgan fingerprint density at radius 1 is 1.05 bits per heavy atom. The summed E-state index contributed by atoms with van der Waals surface area (Å²) in [6.45, 7) is 4.28. The van der Waals surface area contributed by atoms with Crippen molar-refractivity contribution in [2.75, 3.05) is 13.2 Å². The number of halogens is 2. The summed E-state index contributed by atoms with van der Waals surface area (Å²) in [5.74, 6) is 1.93. The van der Waals surface area contributed by atoms with E-state index >= 15 is 0 Å². The molecule has 0 aliphatic heterocycles. The molecule has 0 saturated heterocycles. The number of nitrogens with zero attached hydrogens (tertiary/aromatic N) is 1. The summed E-state index contributed by atoms with van der Waals surface area (Å²) in [5, 5.41) is 35.8. The first-order valence-electron chi connectivity index (χ1n) is 15.4. The SMILES string of the molecule is C[C@]12CCC3c4ccc(O)cc4CCC3C1C[C@@](CO)(CCCCCCCCNCc1ccccn1)[C@@H]2O.[Cl][Pt][Cl]. The fourth-order valence-corrected chi connectivity index (χ4v) is 8.51. The molecular formula is C33H48Cl2N2O3Pt. The fourth-order valence-electron chi connectivity index (χ4n) is 8.51. The topological polar surface area (TPSA) is 85.6 Å². The standard InChI is InChI=1S/C33H48N2O3.2ClH.Pt/c1-32-17-15-28-27-14-12-26(37)20-24(27)11-13-29(28)30(32)21-33(23-36,31(32)38)16-7-4-2-3-5-8-18-34-22-25-10-6-9-19-35-25;;;/h6,9-10,12,14,19-20,28-31,34,36-38H,2-5,7-8,11,13,15-18,21-23H2,1H3;2*1H;/q;;;+2/p-2/t28?,29?,30?,31-,32+,33-;;;/m1.../s1. The van der Waals surface area contributed by atoms with Crippen LogP contribution in [-0.2, 0) is 29.4 Å². The predicted molar refractivity (Wildman–Crippen MR) is 164 cm³/mol. The first-order valence-corrected chi connectivity index (χ1v) is 21.1. The Hall–Kier alpha value is -0.682.